The van der Waals surface area contributed by atoms with Gasteiger partial charge >= 0.3 is 57.4 Å². The molecule has 0 bridgehead atoms. The van der Waals surface area contributed by atoms with Gasteiger partial charge in [-0.2, -0.15) is 0 Å². The van der Waals surface area contributed by atoms with E-state index in [4.69, 9.17) is 0 Å². The molecule has 1 aromatic carbocycles. The Hall–Kier alpha value is 0.516. The van der Waals surface area contributed by atoms with E-state index in [-0.39, 0.29) is 62.0 Å². The molecule has 0 saturated heterocycles. The van der Waals surface area contributed by atoms with Crippen molar-refractivity contribution < 1.29 is 69.1 Å². The van der Waals surface area contributed by atoms with Crippen molar-refractivity contribution in [3.63, 3.8) is 0 Å². The molecule has 2 N–H and O–H groups in total. The molecule has 0 spiro atoms. The second kappa shape index (κ2) is 8.64. The molecule has 0 aromatic heterocycles. The van der Waals surface area contributed by atoms with Gasteiger partial charge in [0.25, 0.3) is 0 Å². The molecule has 0 saturated carbocycles. The van der Waals surface area contributed by atoms with Crippen LogP contribution in [-0.2, 0) is 10.1 Å². The van der Waals surface area contributed by atoms with Crippen molar-refractivity contribution in [2.45, 2.75) is 4.90 Å². The first-order valence-electron chi connectivity index (χ1n) is 4.60. The molecule has 0 atom stereocenters. The van der Waals surface area contributed by atoms with E-state index in [2.05, 4.69) is 26.6 Å². The Kier molecular flexibility index (Phi) is 8.89. The molecule has 6 nitrogen and oxygen atoms in total. The Labute approximate surface area is 156 Å². The van der Waals surface area contributed by atoms with Crippen LogP contribution in [0.1, 0.15) is 0 Å². The predicted molar refractivity (Wildman–Crippen MR) is 65.2 cm³/mol. The number of urea groups is 1. The largest absolute Gasteiger partial charge is 1.00 e. The topological polar surface area (TPSA) is 98.3 Å². The van der Waals surface area contributed by atoms with Crippen LogP contribution < -0.4 is 62.0 Å². The van der Waals surface area contributed by atoms with Gasteiger partial charge in [-0.15, -0.1) is 0 Å². The SMILES string of the molecule is O=C(NCCBr)Nc1cccc(S(=O)(=O)[O-])c1.[K+]. The van der Waals surface area contributed by atoms with Crippen molar-refractivity contribution in [3.05, 3.63) is 24.3 Å². The molecular weight excluding hydrogens is 351 g/mol. The smallest absolute Gasteiger partial charge is 0.744 e. The Balaban J connectivity index is 0.00000289. The van der Waals surface area contributed by atoms with Gasteiger partial charge in [0.2, 0.25) is 0 Å². The Morgan fingerprint density at radius 1 is 1.39 bits per heavy atom. The molecule has 1 aromatic rings. The minimum absolute atomic E-state index is 0. The number of benzene rings is 1. The minimum Gasteiger partial charge on any atom is -0.744 e. The molecule has 94 valence electrons. The van der Waals surface area contributed by atoms with E-state index in [1.165, 1.54) is 18.2 Å². The van der Waals surface area contributed by atoms with Crippen LogP contribution in [0, 0.1) is 0 Å². The first kappa shape index (κ1) is 18.5. The summed E-state index contributed by atoms with van der Waals surface area (Å²) in [4.78, 5) is 10.9. The molecule has 0 unspecified atom stereocenters. The van der Waals surface area contributed by atoms with Crippen LogP contribution in [0.5, 0.6) is 0 Å². The van der Waals surface area contributed by atoms with Gasteiger partial charge in [-0.25, -0.2) is 13.2 Å². The van der Waals surface area contributed by atoms with Crippen molar-refractivity contribution >= 4 is 37.8 Å². The fourth-order valence-corrected chi connectivity index (χ4v) is 1.78. The Morgan fingerprint density at radius 3 is 2.61 bits per heavy atom. The summed E-state index contributed by atoms with van der Waals surface area (Å²) in [7, 11) is -4.51. The first-order valence-corrected chi connectivity index (χ1v) is 7.13. The van der Waals surface area contributed by atoms with Crippen LogP contribution in [0.4, 0.5) is 10.5 Å². The molecule has 9 heteroatoms. The summed E-state index contributed by atoms with van der Waals surface area (Å²) < 4.78 is 32.3. The number of halogens is 1. The van der Waals surface area contributed by atoms with Crippen molar-refractivity contribution in [3.8, 4) is 0 Å². The third kappa shape index (κ3) is 6.62. The van der Waals surface area contributed by atoms with Gasteiger partial charge in [-0.1, -0.05) is 22.0 Å². The Bertz CT molecular complexity index is 509. The molecule has 0 radical (unpaired) electrons. The van der Waals surface area contributed by atoms with Gasteiger partial charge in [-0.3, -0.25) is 0 Å². The maximum absolute atomic E-state index is 11.3. The number of carbonyl (C=O) groups excluding carboxylic acids is 1. The Morgan fingerprint density at radius 2 is 2.06 bits per heavy atom. The van der Waals surface area contributed by atoms with Crippen LogP contribution in [0.15, 0.2) is 29.2 Å². The number of anilines is 1. The summed E-state index contributed by atoms with van der Waals surface area (Å²) in [5, 5.41) is 5.54. The zero-order valence-corrected chi connectivity index (χ0v) is 15.2. The van der Waals surface area contributed by atoms with Crippen molar-refractivity contribution in [1.82, 2.24) is 5.32 Å². The van der Waals surface area contributed by atoms with Crippen LogP contribution in [0.25, 0.3) is 0 Å². The van der Waals surface area contributed by atoms with E-state index >= 15 is 0 Å². The number of carbonyl (C=O) groups is 1. The molecule has 0 aliphatic carbocycles. The fourth-order valence-electron chi connectivity index (χ4n) is 1.07. The average Bonchev–Trinajstić information content (AvgIpc) is 2.25. The van der Waals surface area contributed by atoms with Crippen LogP contribution in [-0.4, -0.2) is 30.9 Å². The van der Waals surface area contributed by atoms with Gasteiger partial charge in [0, 0.05) is 17.6 Å². The quantitative estimate of drug-likeness (QED) is 0.372. The number of hydrogen-bond acceptors (Lipinski definition) is 4. The van der Waals surface area contributed by atoms with E-state index < -0.39 is 16.1 Å². The van der Waals surface area contributed by atoms with Crippen molar-refractivity contribution in [2.24, 2.45) is 0 Å². The van der Waals surface area contributed by atoms with Crippen LogP contribution in [0.3, 0.4) is 0 Å². The van der Waals surface area contributed by atoms with Crippen LogP contribution in [0.2, 0.25) is 0 Å². The molecule has 0 aliphatic heterocycles. The zero-order chi connectivity index (χ0) is 12.9. The zero-order valence-electron chi connectivity index (χ0n) is 9.64. The maximum Gasteiger partial charge on any atom is 1.00 e. The molecule has 0 aliphatic rings. The summed E-state index contributed by atoms with van der Waals surface area (Å²) >= 11 is 3.14. The average molecular weight is 361 g/mol. The summed E-state index contributed by atoms with van der Waals surface area (Å²) in [6, 6.07) is 4.68. The van der Waals surface area contributed by atoms with E-state index in [1.807, 2.05) is 0 Å². The van der Waals surface area contributed by atoms with Crippen molar-refractivity contribution in [2.75, 3.05) is 17.2 Å². The molecule has 0 fully saturated rings. The fraction of sp³-hybridized carbons (Fsp3) is 0.222. The first-order chi connectivity index (χ1) is 7.93. The molecule has 2 amide bonds. The normalized spacial score (nSPS) is 10.3. The number of amides is 2. The number of alkyl halides is 1. The summed E-state index contributed by atoms with van der Waals surface area (Å²) in [5.41, 5.74) is 0.244. The molecular formula is C9H10BrKN2O4S. The summed E-state index contributed by atoms with van der Waals surface area (Å²) in [6.07, 6.45) is 0. The number of rotatable bonds is 4. The maximum atomic E-state index is 11.3. The van der Waals surface area contributed by atoms with Gasteiger partial charge < -0.3 is 15.2 Å². The van der Waals surface area contributed by atoms with Gasteiger partial charge in [-0.05, 0) is 18.2 Å². The van der Waals surface area contributed by atoms with Gasteiger partial charge in [0.1, 0.15) is 10.1 Å². The molecule has 18 heavy (non-hydrogen) atoms. The predicted octanol–water partition coefficient (Wildman–Crippen LogP) is -1.89. The third-order valence-corrected chi connectivity index (χ3v) is 2.99. The molecule has 0 heterocycles. The van der Waals surface area contributed by atoms with E-state index in [1.54, 1.807) is 0 Å². The minimum atomic E-state index is -4.51. The van der Waals surface area contributed by atoms with Crippen LogP contribution >= 0.6 is 15.9 Å². The second-order valence-corrected chi connectivity index (χ2v) is 5.22. The second-order valence-electron chi connectivity index (χ2n) is 3.05. The monoisotopic (exact) mass is 360 g/mol. The van der Waals surface area contributed by atoms with E-state index in [0.29, 0.717) is 11.9 Å². The standard InChI is InChI=1S/C9H11BrN2O4S.K/c10-4-5-11-9(13)12-7-2-1-3-8(6-7)17(14,15)16;/h1-3,6H,4-5H2,(H2,11,12,13)(H,14,15,16);/q;+1/p-1. The summed E-state index contributed by atoms with van der Waals surface area (Å²) in [5.74, 6) is 0. The van der Waals surface area contributed by atoms with Gasteiger partial charge in [0.05, 0.1) is 4.90 Å². The van der Waals surface area contributed by atoms with E-state index in [9.17, 15) is 17.8 Å². The summed E-state index contributed by atoms with van der Waals surface area (Å²) in [6.45, 7) is 0.436. The number of hydrogen-bond donors (Lipinski definition) is 2. The third-order valence-electron chi connectivity index (χ3n) is 1.76. The van der Waals surface area contributed by atoms with E-state index in [0.717, 1.165) is 6.07 Å². The van der Waals surface area contributed by atoms with Crippen molar-refractivity contribution in [1.29, 1.82) is 0 Å². The molecule has 1 rings (SSSR count). The van der Waals surface area contributed by atoms with Gasteiger partial charge in [0.15, 0.2) is 0 Å². The number of nitrogens with one attached hydrogen (secondary N) is 2.